The molecule has 1 atom stereocenters. The van der Waals surface area contributed by atoms with Crippen LogP contribution in [-0.2, 0) is 6.54 Å². The normalized spacial score (nSPS) is 12.6. The minimum Gasteiger partial charge on any atom is -0.305 e. The van der Waals surface area contributed by atoms with Gasteiger partial charge in [-0.25, -0.2) is 0 Å². The van der Waals surface area contributed by atoms with E-state index >= 15 is 0 Å². The molecule has 0 amide bonds. The number of rotatable bonds is 4. The quantitative estimate of drug-likeness (QED) is 0.841. The second kappa shape index (κ2) is 5.28. The molecule has 2 heteroatoms. The van der Waals surface area contributed by atoms with Crippen molar-refractivity contribution in [2.24, 2.45) is 0 Å². The molecule has 1 aromatic carbocycles. The van der Waals surface area contributed by atoms with Crippen LogP contribution in [0.5, 0.6) is 0 Å². The number of hydrogen-bond acceptors (Lipinski definition) is 2. The van der Waals surface area contributed by atoms with E-state index in [-0.39, 0.29) is 0 Å². The molecular weight excluding hydrogens is 214 g/mol. The first-order chi connectivity index (χ1) is 7.75. The first-order valence-corrected chi connectivity index (χ1v) is 6.46. The zero-order valence-corrected chi connectivity index (χ0v) is 10.6. The van der Waals surface area contributed by atoms with E-state index in [0.29, 0.717) is 6.04 Å². The first-order valence-electron chi connectivity index (χ1n) is 5.58. The Morgan fingerprint density at radius 1 is 1.25 bits per heavy atom. The number of nitrogens with one attached hydrogen (secondary N) is 1. The summed E-state index contributed by atoms with van der Waals surface area (Å²) in [4.78, 5) is 1.39. The van der Waals surface area contributed by atoms with E-state index in [0.717, 1.165) is 6.54 Å². The summed E-state index contributed by atoms with van der Waals surface area (Å²) in [5, 5.41) is 5.66. The summed E-state index contributed by atoms with van der Waals surface area (Å²) in [6, 6.07) is 13.3. The maximum Gasteiger partial charge on any atom is 0.0305 e. The van der Waals surface area contributed by atoms with Crippen LogP contribution in [-0.4, -0.2) is 0 Å². The van der Waals surface area contributed by atoms with E-state index in [1.54, 1.807) is 11.3 Å². The minimum absolute atomic E-state index is 0.405. The van der Waals surface area contributed by atoms with Gasteiger partial charge in [0.2, 0.25) is 0 Å². The highest BCUT2D eigenvalue weighted by molar-refractivity contribution is 7.09. The van der Waals surface area contributed by atoms with Crippen LogP contribution in [0.4, 0.5) is 0 Å². The van der Waals surface area contributed by atoms with Crippen molar-refractivity contribution in [1.29, 1.82) is 0 Å². The molecule has 0 saturated heterocycles. The molecule has 1 N–H and O–H groups in total. The molecule has 84 valence electrons. The van der Waals surface area contributed by atoms with Gasteiger partial charge in [-0.05, 0) is 30.9 Å². The summed E-state index contributed by atoms with van der Waals surface area (Å²) in [7, 11) is 0. The second-order valence-corrected chi connectivity index (χ2v) is 5.13. The van der Waals surface area contributed by atoms with Crippen LogP contribution < -0.4 is 5.32 Å². The predicted molar refractivity (Wildman–Crippen MR) is 70.8 cm³/mol. The molecule has 2 rings (SSSR count). The monoisotopic (exact) mass is 231 g/mol. The Morgan fingerprint density at radius 2 is 2.12 bits per heavy atom. The molecular formula is C14H17NS. The first kappa shape index (κ1) is 11.4. The minimum atomic E-state index is 0.405. The molecule has 0 spiro atoms. The Labute approximate surface area is 101 Å². The number of thiophene rings is 1. The molecule has 1 nitrogen and oxygen atoms in total. The Bertz CT molecular complexity index is 434. The van der Waals surface area contributed by atoms with E-state index < -0.39 is 0 Å². The lowest BCUT2D eigenvalue weighted by atomic mass is 10.1. The highest BCUT2D eigenvalue weighted by atomic mass is 32.1. The Kier molecular flexibility index (Phi) is 3.75. The summed E-state index contributed by atoms with van der Waals surface area (Å²) < 4.78 is 0. The van der Waals surface area contributed by atoms with Crippen molar-refractivity contribution in [3.05, 3.63) is 57.8 Å². The van der Waals surface area contributed by atoms with Gasteiger partial charge in [-0.1, -0.05) is 35.9 Å². The van der Waals surface area contributed by atoms with Crippen molar-refractivity contribution in [3.63, 3.8) is 0 Å². The fourth-order valence-electron chi connectivity index (χ4n) is 1.72. The summed E-state index contributed by atoms with van der Waals surface area (Å²) in [6.07, 6.45) is 0. The molecule has 0 fully saturated rings. The van der Waals surface area contributed by atoms with E-state index in [4.69, 9.17) is 0 Å². The number of aryl methyl sites for hydroxylation is 1. The molecule has 0 radical (unpaired) electrons. The van der Waals surface area contributed by atoms with Gasteiger partial charge in [-0.2, -0.15) is 0 Å². The van der Waals surface area contributed by atoms with Crippen LogP contribution >= 0.6 is 11.3 Å². The largest absolute Gasteiger partial charge is 0.305 e. The molecule has 16 heavy (non-hydrogen) atoms. The predicted octanol–water partition coefficient (Wildman–Crippen LogP) is 3.91. The summed E-state index contributed by atoms with van der Waals surface area (Å²) in [6.45, 7) is 5.30. The van der Waals surface area contributed by atoms with Gasteiger partial charge in [0.25, 0.3) is 0 Å². The van der Waals surface area contributed by atoms with Crippen molar-refractivity contribution in [3.8, 4) is 0 Å². The lowest BCUT2D eigenvalue weighted by molar-refractivity contribution is 0.578. The van der Waals surface area contributed by atoms with Crippen LogP contribution in [0.15, 0.2) is 41.8 Å². The maximum absolute atomic E-state index is 3.54. The van der Waals surface area contributed by atoms with Crippen LogP contribution in [0.1, 0.15) is 29.0 Å². The summed E-state index contributed by atoms with van der Waals surface area (Å²) in [5.74, 6) is 0. The average Bonchev–Trinajstić information content (AvgIpc) is 2.78. The maximum atomic E-state index is 3.54. The fourth-order valence-corrected chi connectivity index (χ4v) is 2.38. The number of benzene rings is 1. The fraction of sp³-hybridized carbons (Fsp3) is 0.286. The topological polar surface area (TPSA) is 12.0 Å². The summed E-state index contributed by atoms with van der Waals surface area (Å²) in [5.41, 5.74) is 2.68. The molecule has 0 unspecified atom stereocenters. The third-order valence-electron chi connectivity index (χ3n) is 2.70. The summed E-state index contributed by atoms with van der Waals surface area (Å²) >= 11 is 1.80. The van der Waals surface area contributed by atoms with Gasteiger partial charge >= 0.3 is 0 Å². The van der Waals surface area contributed by atoms with Gasteiger partial charge in [0, 0.05) is 17.5 Å². The van der Waals surface area contributed by atoms with E-state index in [1.807, 2.05) is 0 Å². The molecule has 0 saturated carbocycles. The second-order valence-electron chi connectivity index (χ2n) is 4.10. The lowest BCUT2D eigenvalue weighted by Crippen LogP contribution is -2.17. The molecule has 0 aliphatic heterocycles. The smallest absolute Gasteiger partial charge is 0.0305 e. The van der Waals surface area contributed by atoms with Crippen LogP contribution in [0.25, 0.3) is 0 Å². The van der Waals surface area contributed by atoms with Gasteiger partial charge < -0.3 is 5.32 Å². The van der Waals surface area contributed by atoms with Crippen molar-refractivity contribution in [2.75, 3.05) is 0 Å². The van der Waals surface area contributed by atoms with E-state index in [9.17, 15) is 0 Å². The SMILES string of the molecule is Cc1cccc([C@H](C)NCc2cccs2)c1. The van der Waals surface area contributed by atoms with Crippen molar-refractivity contribution < 1.29 is 0 Å². The molecule has 1 aromatic heterocycles. The van der Waals surface area contributed by atoms with Crippen LogP contribution in [0.3, 0.4) is 0 Å². The van der Waals surface area contributed by atoms with Crippen LogP contribution in [0.2, 0.25) is 0 Å². The molecule has 0 bridgehead atoms. The Balaban J connectivity index is 1.95. The number of hydrogen-bond donors (Lipinski definition) is 1. The Morgan fingerprint density at radius 3 is 2.81 bits per heavy atom. The zero-order valence-electron chi connectivity index (χ0n) is 9.73. The molecule has 0 aliphatic carbocycles. The molecule has 2 aromatic rings. The third-order valence-corrected chi connectivity index (χ3v) is 3.58. The molecule has 1 heterocycles. The van der Waals surface area contributed by atoms with E-state index in [2.05, 4.69) is 60.9 Å². The highest BCUT2D eigenvalue weighted by Gasteiger charge is 2.04. The van der Waals surface area contributed by atoms with Crippen molar-refractivity contribution in [2.45, 2.75) is 26.4 Å². The van der Waals surface area contributed by atoms with E-state index in [1.165, 1.54) is 16.0 Å². The van der Waals surface area contributed by atoms with Crippen LogP contribution in [0, 0.1) is 6.92 Å². The van der Waals surface area contributed by atoms with Gasteiger partial charge in [-0.15, -0.1) is 11.3 Å². The highest BCUT2D eigenvalue weighted by Crippen LogP contribution is 2.15. The van der Waals surface area contributed by atoms with Crippen molar-refractivity contribution in [1.82, 2.24) is 5.32 Å². The lowest BCUT2D eigenvalue weighted by Gasteiger charge is -2.14. The molecule has 0 aliphatic rings. The van der Waals surface area contributed by atoms with Gasteiger partial charge in [-0.3, -0.25) is 0 Å². The Hall–Kier alpha value is -1.12. The van der Waals surface area contributed by atoms with Gasteiger partial charge in [0.15, 0.2) is 0 Å². The van der Waals surface area contributed by atoms with Gasteiger partial charge in [0.1, 0.15) is 0 Å². The standard InChI is InChI=1S/C14H17NS/c1-11-5-3-6-13(9-11)12(2)15-10-14-7-4-8-16-14/h3-9,12,15H,10H2,1-2H3/t12-/m0/s1. The van der Waals surface area contributed by atoms with Gasteiger partial charge in [0.05, 0.1) is 0 Å². The third kappa shape index (κ3) is 2.94. The van der Waals surface area contributed by atoms with Crippen molar-refractivity contribution >= 4 is 11.3 Å². The zero-order chi connectivity index (χ0) is 11.4. The average molecular weight is 231 g/mol.